The van der Waals surface area contributed by atoms with Crippen molar-refractivity contribution in [2.24, 2.45) is 0 Å². The second kappa shape index (κ2) is 15.0. The van der Waals surface area contributed by atoms with Crippen LogP contribution in [-0.2, 0) is 0 Å². The second-order valence-corrected chi connectivity index (χ2v) is 15.3. The molecule has 2 heteroatoms. The average Bonchev–Trinajstić information content (AvgIpc) is 3.32. The Kier molecular flexibility index (Phi) is 8.77. The Bertz CT molecular complexity index is 2930. The van der Waals surface area contributed by atoms with Crippen molar-refractivity contribution in [2.45, 2.75) is 0 Å². The van der Waals surface area contributed by atoms with E-state index >= 15 is 0 Å². The molecule has 11 aromatic carbocycles. The summed E-state index contributed by atoms with van der Waals surface area (Å²) in [5.41, 5.74) is 10.9. The molecular formula is C58H38N2. The largest absolute Gasteiger partial charge is 0.310 e. The van der Waals surface area contributed by atoms with Crippen molar-refractivity contribution in [3.05, 3.63) is 243 Å². The van der Waals surface area contributed by atoms with Gasteiger partial charge in [-0.15, -0.1) is 0 Å². The minimum absolute atomic E-state index is 0.933. The molecular weight excluding hydrogens is 725 g/mol. The first kappa shape index (κ1) is 35.1. The molecule has 11 rings (SSSR count). The summed E-state index contributed by atoms with van der Waals surface area (Å²) in [6.07, 6.45) is 0. The van der Waals surface area contributed by atoms with E-state index in [4.69, 9.17) is 0 Å². The molecule has 2 nitrogen and oxygen atoms in total. The van der Waals surface area contributed by atoms with Crippen molar-refractivity contribution < 1.29 is 0 Å². The van der Waals surface area contributed by atoms with Crippen LogP contribution in [0.15, 0.2) is 231 Å². The third-order valence-electron chi connectivity index (χ3n) is 11.6. The monoisotopic (exact) mass is 762 g/mol. The summed E-state index contributed by atoms with van der Waals surface area (Å²) in [6, 6.07) is 89.8. The standard InChI is InChI=1S/C58H38N2/c1-5-13-49-37-55(33-25-41(49)9-1)59(56-34-26-42-10-2-6-14-50(42)38-56)53-29-21-47(22-30-53)45-17-19-46(20-18-45)48-23-31-54(32-24-48)60(57-35-27-43-11-3-7-15-51(43)39-57)58-36-28-44-12-4-8-16-52(44)40-58/h1-23,25-31,33-40H. The molecule has 0 saturated carbocycles. The van der Waals surface area contributed by atoms with Gasteiger partial charge in [0.2, 0.25) is 0 Å². The molecule has 0 aliphatic carbocycles. The average molecular weight is 763 g/mol. The van der Waals surface area contributed by atoms with Gasteiger partial charge in [-0.3, -0.25) is 0 Å². The summed E-state index contributed by atoms with van der Waals surface area (Å²) in [7, 11) is 0. The normalized spacial score (nSPS) is 11.2. The Balaban J connectivity index is 0.890. The molecule has 0 aliphatic heterocycles. The highest BCUT2D eigenvalue weighted by atomic mass is 15.1. The summed E-state index contributed by atoms with van der Waals surface area (Å²) < 4.78 is 0. The number of nitrogens with zero attached hydrogens (tertiary/aromatic N) is 2. The first-order valence-corrected chi connectivity index (χ1v) is 20.4. The first-order chi connectivity index (χ1) is 29.7. The van der Waals surface area contributed by atoms with Crippen molar-refractivity contribution in [1.29, 1.82) is 0 Å². The van der Waals surface area contributed by atoms with Crippen LogP contribution < -0.4 is 9.80 Å². The Hall–Kier alpha value is -8.12. The fourth-order valence-electron chi connectivity index (χ4n) is 8.46. The molecule has 0 fully saturated rings. The predicted octanol–water partition coefficient (Wildman–Crippen LogP) is 16.2. The molecule has 0 saturated heterocycles. The number of hydrogen-bond donors (Lipinski definition) is 0. The van der Waals surface area contributed by atoms with E-state index < -0.39 is 0 Å². The third kappa shape index (κ3) is 6.65. The summed E-state index contributed by atoms with van der Waals surface area (Å²) in [4.78, 5) is 4.62. The lowest BCUT2D eigenvalue weighted by molar-refractivity contribution is 1.29. The van der Waals surface area contributed by atoms with Crippen LogP contribution in [0.3, 0.4) is 0 Å². The van der Waals surface area contributed by atoms with E-state index in [2.05, 4.69) is 252 Å². The van der Waals surface area contributed by atoms with Gasteiger partial charge in [-0.25, -0.2) is 0 Å². The minimum Gasteiger partial charge on any atom is -0.310 e. The molecule has 280 valence electrons. The lowest BCUT2D eigenvalue weighted by Crippen LogP contribution is -2.09. The van der Waals surface area contributed by atoms with Gasteiger partial charge < -0.3 is 9.80 Å². The van der Waals surface area contributed by atoms with Crippen molar-refractivity contribution in [2.75, 3.05) is 9.80 Å². The van der Waals surface area contributed by atoms with Gasteiger partial charge >= 0.3 is 0 Å². The summed E-state index contributed by atoms with van der Waals surface area (Å²) in [5, 5.41) is 9.72. The van der Waals surface area contributed by atoms with E-state index in [0.29, 0.717) is 0 Å². The van der Waals surface area contributed by atoms with Crippen LogP contribution in [0.2, 0.25) is 0 Å². The Labute approximate surface area is 350 Å². The van der Waals surface area contributed by atoms with Gasteiger partial charge in [0.05, 0.1) is 5.69 Å². The van der Waals surface area contributed by atoms with Gasteiger partial charge in [0.25, 0.3) is 0 Å². The SMILES string of the molecule is c1c(-c2ccc(-c3ccc(N(c4ccc5ccccc5c4)c4ccc5ccccc5c4)cc3)cc2)ccc(N(c2ccc3ccccc3c2)c2ccc3ccccc3c2)c#1. The molecule has 0 atom stereocenters. The molecule has 0 heterocycles. The van der Waals surface area contributed by atoms with Gasteiger partial charge in [-0.2, -0.15) is 0 Å². The van der Waals surface area contributed by atoms with Crippen LogP contribution in [0.1, 0.15) is 0 Å². The summed E-state index contributed by atoms with van der Waals surface area (Å²) >= 11 is 0. The van der Waals surface area contributed by atoms with Crippen LogP contribution >= 0.6 is 0 Å². The zero-order valence-corrected chi connectivity index (χ0v) is 32.8. The zero-order chi connectivity index (χ0) is 39.8. The highest BCUT2D eigenvalue weighted by Gasteiger charge is 2.16. The lowest BCUT2D eigenvalue weighted by atomic mass is 10.00. The number of hydrogen-bond acceptors (Lipinski definition) is 2. The first-order valence-electron chi connectivity index (χ1n) is 20.4. The van der Waals surface area contributed by atoms with Gasteiger partial charge in [-0.05, 0) is 139 Å². The van der Waals surface area contributed by atoms with E-state index in [0.717, 1.165) is 56.4 Å². The second-order valence-electron chi connectivity index (χ2n) is 15.3. The zero-order valence-electron chi connectivity index (χ0n) is 32.8. The Morgan fingerprint density at radius 2 is 0.567 bits per heavy atom. The van der Waals surface area contributed by atoms with Gasteiger partial charge in [-0.1, -0.05) is 164 Å². The number of benzene rings is 10. The number of fused-ring (bicyclic) bond motifs is 4. The highest BCUT2D eigenvalue weighted by molar-refractivity contribution is 5.94. The van der Waals surface area contributed by atoms with Crippen molar-refractivity contribution >= 4 is 77.2 Å². The number of rotatable bonds is 8. The van der Waals surface area contributed by atoms with E-state index in [1.54, 1.807) is 0 Å². The van der Waals surface area contributed by atoms with Crippen molar-refractivity contribution in [3.63, 3.8) is 0 Å². The molecule has 0 radical (unpaired) electrons. The molecule has 0 amide bonds. The van der Waals surface area contributed by atoms with Gasteiger partial charge in [0.1, 0.15) is 0 Å². The maximum atomic E-state index is 3.53. The predicted molar refractivity (Wildman–Crippen MR) is 254 cm³/mol. The molecule has 0 spiro atoms. The minimum atomic E-state index is 0.933. The van der Waals surface area contributed by atoms with Crippen molar-refractivity contribution in [1.82, 2.24) is 0 Å². The molecule has 0 aromatic heterocycles. The highest BCUT2D eigenvalue weighted by Crippen LogP contribution is 2.40. The van der Waals surface area contributed by atoms with E-state index in [1.807, 2.05) is 0 Å². The Morgan fingerprint density at radius 1 is 0.233 bits per heavy atom. The maximum absolute atomic E-state index is 3.53. The van der Waals surface area contributed by atoms with Gasteiger partial charge in [0.15, 0.2) is 0 Å². The molecule has 60 heavy (non-hydrogen) atoms. The third-order valence-corrected chi connectivity index (χ3v) is 11.6. The van der Waals surface area contributed by atoms with Crippen LogP contribution in [0.4, 0.5) is 34.1 Å². The summed E-state index contributed by atoms with van der Waals surface area (Å²) in [6.45, 7) is 0. The maximum Gasteiger partial charge on any atom is 0.0973 e. The fraction of sp³-hybridized carbons (Fsp3) is 0. The van der Waals surface area contributed by atoms with E-state index in [1.165, 1.54) is 43.1 Å². The Morgan fingerprint density at radius 3 is 0.950 bits per heavy atom. The van der Waals surface area contributed by atoms with E-state index in [-0.39, 0.29) is 0 Å². The van der Waals surface area contributed by atoms with Crippen LogP contribution in [-0.4, -0.2) is 0 Å². The smallest absolute Gasteiger partial charge is 0.0973 e. The molecule has 0 N–H and O–H groups in total. The van der Waals surface area contributed by atoms with Crippen LogP contribution in [0.5, 0.6) is 0 Å². The molecule has 11 aromatic rings. The van der Waals surface area contributed by atoms with E-state index in [9.17, 15) is 0 Å². The molecule has 0 unspecified atom stereocenters. The summed E-state index contributed by atoms with van der Waals surface area (Å²) in [5.74, 6) is 0. The quantitative estimate of drug-likeness (QED) is 0.152. The number of anilines is 6. The fourth-order valence-corrected chi connectivity index (χ4v) is 8.46. The molecule has 0 bridgehead atoms. The van der Waals surface area contributed by atoms with Gasteiger partial charge in [0, 0.05) is 34.0 Å². The molecule has 0 aliphatic rings. The lowest BCUT2D eigenvalue weighted by Gasteiger charge is -2.26. The van der Waals surface area contributed by atoms with Crippen molar-refractivity contribution in [3.8, 4) is 22.3 Å². The topological polar surface area (TPSA) is 6.48 Å². The van der Waals surface area contributed by atoms with Crippen LogP contribution in [0, 0.1) is 12.1 Å². The van der Waals surface area contributed by atoms with Crippen LogP contribution in [0.25, 0.3) is 65.3 Å².